The molecule has 1 N–H and O–H groups in total. The minimum atomic E-state index is -0.480. The van der Waals surface area contributed by atoms with Crippen LogP contribution in [-0.4, -0.2) is 45.6 Å². The lowest BCUT2D eigenvalue weighted by Crippen LogP contribution is -2.62. The zero-order chi connectivity index (χ0) is 37.4. The van der Waals surface area contributed by atoms with Crippen LogP contribution in [0.2, 0.25) is 0 Å². The van der Waals surface area contributed by atoms with Crippen molar-refractivity contribution in [3.63, 3.8) is 0 Å². The molecule has 0 radical (unpaired) electrons. The molecule has 0 spiro atoms. The Hall–Kier alpha value is -3.67. The van der Waals surface area contributed by atoms with Gasteiger partial charge in [-0.1, -0.05) is 47.6 Å². The number of nitrogens with one attached hydrogen (secondary N) is 1. The van der Waals surface area contributed by atoms with E-state index in [9.17, 15) is 4.79 Å². The third-order valence-electron chi connectivity index (χ3n) is 15.1. The summed E-state index contributed by atoms with van der Waals surface area (Å²) in [7, 11) is 7.13. The Kier molecular flexibility index (Phi) is 7.45. The van der Waals surface area contributed by atoms with Gasteiger partial charge in [-0.25, -0.2) is 4.48 Å². The summed E-state index contributed by atoms with van der Waals surface area (Å²) in [6.45, 7) is 22.6. The number of quaternary nitrogens is 2. The smallest absolute Gasteiger partial charge is 0.225 e. The lowest BCUT2D eigenvalue weighted by Gasteiger charge is -2.55. The Morgan fingerprint density at radius 1 is 0.904 bits per heavy atom. The predicted molar refractivity (Wildman–Crippen MR) is 212 cm³/mol. The average Bonchev–Trinajstić information content (AvgIpc) is 3.44. The topological polar surface area (TPSA) is 34.0 Å². The monoisotopic (exact) mass is 698 g/mol. The molecule has 8 rings (SSSR count). The molecule has 5 heteroatoms. The second-order valence-corrected chi connectivity index (χ2v) is 19.7. The van der Waals surface area contributed by atoms with Crippen LogP contribution in [0, 0.1) is 22.2 Å². The van der Waals surface area contributed by atoms with Gasteiger partial charge in [-0.3, -0.25) is 9.28 Å². The first-order chi connectivity index (χ1) is 24.2. The summed E-state index contributed by atoms with van der Waals surface area (Å²) < 4.78 is 4.18. The molecule has 5 atom stereocenters. The summed E-state index contributed by atoms with van der Waals surface area (Å²) in [6.07, 6.45) is 18.1. The molecule has 1 aromatic heterocycles. The van der Waals surface area contributed by atoms with Crippen molar-refractivity contribution >= 4 is 5.91 Å². The molecule has 1 amide bonds. The molecule has 52 heavy (non-hydrogen) atoms. The molecule has 5 nitrogen and oxygen atoms in total. The summed E-state index contributed by atoms with van der Waals surface area (Å²) in [5.41, 5.74) is 12.0. The van der Waals surface area contributed by atoms with E-state index in [1.54, 1.807) is 0 Å². The van der Waals surface area contributed by atoms with Gasteiger partial charge in [-0.2, -0.15) is 0 Å². The van der Waals surface area contributed by atoms with E-state index in [-0.39, 0.29) is 27.7 Å². The van der Waals surface area contributed by atoms with Crippen molar-refractivity contribution in [2.24, 2.45) is 29.2 Å². The molecule has 4 unspecified atom stereocenters. The quantitative estimate of drug-likeness (QED) is 0.227. The maximum absolute atomic E-state index is 14.4. The summed E-state index contributed by atoms with van der Waals surface area (Å²) in [4.78, 5) is 14.4. The predicted octanol–water partition coefficient (Wildman–Crippen LogP) is 9.91. The highest BCUT2D eigenvalue weighted by molar-refractivity contribution is 5.80. The van der Waals surface area contributed by atoms with Crippen molar-refractivity contribution in [3.8, 4) is 0 Å². The van der Waals surface area contributed by atoms with Gasteiger partial charge in [0.05, 0.1) is 48.2 Å². The van der Waals surface area contributed by atoms with Crippen LogP contribution in [0.25, 0.3) is 0 Å². The summed E-state index contributed by atoms with van der Waals surface area (Å²) >= 11 is 0. The Balaban J connectivity index is 1.29. The second-order valence-electron chi connectivity index (χ2n) is 19.7. The molecular formula is C47H62N4O+2. The van der Waals surface area contributed by atoms with Crippen LogP contribution >= 0.6 is 0 Å². The molecule has 1 aromatic carbocycles. The van der Waals surface area contributed by atoms with Gasteiger partial charge in [0, 0.05) is 50.2 Å². The molecule has 6 heterocycles. The van der Waals surface area contributed by atoms with Crippen LogP contribution in [0.1, 0.15) is 105 Å². The minimum absolute atomic E-state index is 0.0214. The number of nitrogens with zero attached hydrogens (tertiary/aromatic N) is 3. The van der Waals surface area contributed by atoms with Gasteiger partial charge in [0.1, 0.15) is 23.6 Å². The van der Waals surface area contributed by atoms with Crippen LogP contribution in [-0.2, 0) is 17.4 Å². The number of likely N-dealkylation sites (N-methyl/N-ethyl adjacent to an activating group) is 1. The van der Waals surface area contributed by atoms with Gasteiger partial charge in [-0.05, 0) is 104 Å². The molecule has 0 saturated carbocycles. The Morgan fingerprint density at radius 3 is 2.21 bits per heavy atom. The number of aromatic nitrogens is 1. The van der Waals surface area contributed by atoms with Gasteiger partial charge >= 0.3 is 0 Å². The maximum atomic E-state index is 14.4. The number of carbonyl (C=O) groups excluding carboxylic acids is 1. The molecule has 2 aromatic rings. The van der Waals surface area contributed by atoms with E-state index >= 15 is 0 Å². The van der Waals surface area contributed by atoms with Crippen LogP contribution < -0.4 is 5.32 Å². The third-order valence-corrected chi connectivity index (χ3v) is 15.1. The SMILES string of the molecule is Cn1cccc1[C@H]1CC2CCC(=C(CC(=O)NC(C)(C)c3ccccc3)C=C2C(C)(C)C2=CC=C3C(C)(C)C[N+]32C)C(C)(C)C2=CC=C3C1(C)[N+]23C. The number of hydrogen-bond acceptors (Lipinski definition) is 1. The normalized spacial score (nSPS) is 32.7. The van der Waals surface area contributed by atoms with Crippen molar-refractivity contribution < 1.29 is 13.8 Å². The number of hydrogen-bond donors (Lipinski definition) is 1. The number of benzene rings is 1. The van der Waals surface area contributed by atoms with Gasteiger partial charge in [-0.15, -0.1) is 0 Å². The lowest BCUT2D eigenvalue weighted by molar-refractivity contribution is -0.890. The molecular weight excluding hydrogens is 637 g/mol. The number of fused-ring (bicyclic) bond motifs is 5. The number of aryl methyl sites for hydroxylation is 1. The first-order valence-corrected chi connectivity index (χ1v) is 19.7. The van der Waals surface area contributed by atoms with E-state index in [0.29, 0.717) is 18.3 Å². The maximum Gasteiger partial charge on any atom is 0.225 e. The number of rotatable bonds is 7. The fraction of sp³-hybridized carbons (Fsp3) is 0.511. The standard InChI is InChI=1S/C47H61N4O/c1-43(2)30-50(11)38(43)22-23-39(50)45(5,6)35-28-32(29-42(52)48-46(7,8)33-17-14-13-15-18-33)34-21-20-31(35)27-36(37-19-16-26-49(37)10)47(9)41-25-24-40(44(34,3)4)51(41,47)12/h13-19,22-26,28,31,36H,20-21,27,29-30H2,1-12H3/q+1/p+1/t31?,36-,47?,50?,51?/m1/s1. The second kappa shape index (κ2) is 10.9. The molecule has 2 bridgehead atoms. The Morgan fingerprint density at radius 2 is 1.58 bits per heavy atom. The molecule has 3 saturated heterocycles. The number of amides is 1. The van der Waals surface area contributed by atoms with Gasteiger partial charge in [0.25, 0.3) is 0 Å². The fourth-order valence-electron chi connectivity index (χ4n) is 12.6. The largest absolute Gasteiger partial charge is 0.354 e. The molecule has 1 aliphatic carbocycles. The first kappa shape index (κ1) is 35.4. The van der Waals surface area contributed by atoms with E-state index in [0.717, 1.165) is 40.3 Å². The van der Waals surface area contributed by atoms with Crippen LogP contribution in [0.15, 0.2) is 119 Å². The molecule has 274 valence electrons. The highest BCUT2D eigenvalue weighted by atomic mass is 16.1. The van der Waals surface area contributed by atoms with Crippen LogP contribution in [0.4, 0.5) is 0 Å². The van der Waals surface area contributed by atoms with E-state index in [4.69, 9.17) is 0 Å². The zero-order valence-corrected chi connectivity index (χ0v) is 33.9. The van der Waals surface area contributed by atoms with Crippen molar-refractivity contribution in [2.45, 2.75) is 105 Å². The highest BCUT2D eigenvalue weighted by Gasteiger charge is 2.79. The van der Waals surface area contributed by atoms with Gasteiger partial charge in [0.2, 0.25) is 5.91 Å². The first-order valence-electron chi connectivity index (χ1n) is 19.7. The zero-order valence-electron chi connectivity index (χ0n) is 33.9. The lowest BCUT2D eigenvalue weighted by atomic mass is 9.67. The fourth-order valence-corrected chi connectivity index (χ4v) is 12.6. The van der Waals surface area contributed by atoms with Crippen molar-refractivity contribution in [1.29, 1.82) is 0 Å². The molecule has 3 fully saturated rings. The number of carbonyl (C=O) groups is 1. The van der Waals surface area contributed by atoms with Crippen molar-refractivity contribution in [2.75, 3.05) is 20.6 Å². The minimum Gasteiger partial charge on any atom is -0.354 e. The van der Waals surface area contributed by atoms with E-state index in [1.807, 2.05) is 6.07 Å². The van der Waals surface area contributed by atoms with Gasteiger partial charge in [0.15, 0.2) is 11.2 Å². The summed E-state index contributed by atoms with van der Waals surface area (Å²) in [5, 5.41) is 3.47. The molecule has 6 aliphatic rings. The Labute approximate surface area is 313 Å². The highest BCUT2D eigenvalue weighted by Crippen LogP contribution is 2.71. The Bertz CT molecular complexity index is 2080. The molecule has 5 aliphatic heterocycles. The van der Waals surface area contributed by atoms with Gasteiger partial charge < -0.3 is 9.88 Å². The third kappa shape index (κ3) is 4.63. The number of allylic oxidation sites excluding steroid dienone is 7. The van der Waals surface area contributed by atoms with Crippen molar-refractivity contribution in [3.05, 3.63) is 130 Å². The average molecular weight is 699 g/mol. The van der Waals surface area contributed by atoms with E-state index < -0.39 is 5.54 Å². The summed E-state index contributed by atoms with van der Waals surface area (Å²) in [6, 6.07) is 15.0. The van der Waals surface area contributed by atoms with E-state index in [1.165, 1.54) is 45.2 Å². The van der Waals surface area contributed by atoms with Crippen LogP contribution in [0.5, 0.6) is 0 Å². The van der Waals surface area contributed by atoms with E-state index in [2.05, 4.69) is 166 Å². The van der Waals surface area contributed by atoms with Crippen molar-refractivity contribution in [1.82, 2.24) is 9.88 Å². The summed E-state index contributed by atoms with van der Waals surface area (Å²) in [5.74, 6) is 0.804. The van der Waals surface area contributed by atoms with Crippen LogP contribution in [0.3, 0.4) is 0 Å².